The number of rotatable bonds is 4. The predicted molar refractivity (Wildman–Crippen MR) is 137 cm³/mol. The van der Waals surface area contributed by atoms with E-state index in [2.05, 4.69) is 23.0 Å². The maximum absolute atomic E-state index is 14.0. The first-order valence-corrected chi connectivity index (χ1v) is 12.2. The molecule has 0 spiro atoms. The van der Waals surface area contributed by atoms with Crippen LogP contribution < -0.4 is 5.73 Å². The SMILES string of the molecule is Cc1cc2cc(C(=O)N(Cc3ccc(C(F)(F)F)cn3)[C@@H]3CC[C@@H](C)c4ccccc43)ccc2nc1N. The van der Waals surface area contributed by atoms with Crippen molar-refractivity contribution in [3.8, 4) is 0 Å². The molecule has 2 N–H and O–H groups in total. The molecule has 37 heavy (non-hydrogen) atoms. The molecule has 5 nitrogen and oxygen atoms in total. The van der Waals surface area contributed by atoms with E-state index in [1.165, 1.54) is 11.6 Å². The van der Waals surface area contributed by atoms with Crippen molar-refractivity contribution < 1.29 is 18.0 Å². The highest BCUT2D eigenvalue weighted by Crippen LogP contribution is 2.41. The van der Waals surface area contributed by atoms with Crippen molar-refractivity contribution >= 4 is 22.6 Å². The van der Waals surface area contributed by atoms with Crippen LogP contribution in [0.5, 0.6) is 0 Å². The predicted octanol–water partition coefficient (Wildman–Crippen LogP) is 6.82. The normalized spacial score (nSPS) is 17.4. The van der Waals surface area contributed by atoms with E-state index in [4.69, 9.17) is 5.73 Å². The molecule has 2 heterocycles. The maximum atomic E-state index is 14.0. The third-order valence-corrected chi connectivity index (χ3v) is 7.17. The molecule has 0 saturated heterocycles. The second kappa shape index (κ2) is 9.50. The van der Waals surface area contributed by atoms with Gasteiger partial charge in [-0.1, -0.05) is 31.2 Å². The zero-order chi connectivity index (χ0) is 26.3. The number of carbonyl (C=O) groups excluding carboxylic acids is 1. The lowest BCUT2D eigenvalue weighted by molar-refractivity contribution is -0.137. The number of benzene rings is 2. The lowest BCUT2D eigenvalue weighted by Gasteiger charge is -2.38. The molecule has 0 bridgehead atoms. The van der Waals surface area contributed by atoms with Crippen LogP contribution in [-0.4, -0.2) is 20.8 Å². The first-order valence-electron chi connectivity index (χ1n) is 12.2. The van der Waals surface area contributed by atoms with Crippen LogP contribution in [0.15, 0.2) is 66.9 Å². The summed E-state index contributed by atoms with van der Waals surface area (Å²) in [6, 6.07) is 17.4. The summed E-state index contributed by atoms with van der Waals surface area (Å²) in [6.45, 7) is 4.11. The lowest BCUT2D eigenvalue weighted by atomic mass is 9.80. The molecule has 0 saturated carbocycles. The number of carbonyl (C=O) groups is 1. The van der Waals surface area contributed by atoms with Crippen LogP contribution in [0.3, 0.4) is 0 Å². The van der Waals surface area contributed by atoms with E-state index in [-0.39, 0.29) is 18.5 Å². The number of nitrogens with zero attached hydrogens (tertiary/aromatic N) is 3. The molecule has 1 aliphatic carbocycles. The van der Waals surface area contributed by atoms with Crippen LogP contribution in [0.4, 0.5) is 19.0 Å². The number of nitrogen functional groups attached to an aromatic ring is 1. The van der Waals surface area contributed by atoms with Crippen LogP contribution in [0, 0.1) is 6.92 Å². The van der Waals surface area contributed by atoms with Crippen LogP contribution in [0.1, 0.15) is 70.0 Å². The Morgan fingerprint density at radius 2 is 1.81 bits per heavy atom. The molecule has 0 aliphatic heterocycles. The number of halogens is 3. The van der Waals surface area contributed by atoms with Gasteiger partial charge in [-0.05, 0) is 78.8 Å². The number of aromatic nitrogens is 2. The van der Waals surface area contributed by atoms with Crippen molar-refractivity contribution in [2.45, 2.75) is 51.4 Å². The third-order valence-electron chi connectivity index (χ3n) is 7.17. The van der Waals surface area contributed by atoms with Gasteiger partial charge in [-0.15, -0.1) is 0 Å². The van der Waals surface area contributed by atoms with Gasteiger partial charge in [0.05, 0.1) is 29.4 Å². The van der Waals surface area contributed by atoms with E-state index >= 15 is 0 Å². The molecule has 8 heteroatoms. The van der Waals surface area contributed by atoms with E-state index in [9.17, 15) is 18.0 Å². The Morgan fingerprint density at radius 3 is 2.51 bits per heavy atom. The summed E-state index contributed by atoms with van der Waals surface area (Å²) >= 11 is 0. The minimum atomic E-state index is -4.47. The molecule has 5 rings (SSSR count). The van der Waals surface area contributed by atoms with Gasteiger partial charge in [0.1, 0.15) is 5.82 Å². The van der Waals surface area contributed by atoms with Gasteiger partial charge >= 0.3 is 6.18 Å². The Labute approximate surface area is 213 Å². The van der Waals surface area contributed by atoms with Crippen molar-refractivity contribution in [1.82, 2.24) is 14.9 Å². The highest BCUT2D eigenvalue weighted by molar-refractivity contribution is 5.98. The summed E-state index contributed by atoms with van der Waals surface area (Å²) in [5, 5.41) is 0.794. The topological polar surface area (TPSA) is 72.1 Å². The number of nitrogens with two attached hydrogens (primary N) is 1. The third kappa shape index (κ3) is 4.88. The number of pyridine rings is 2. The number of amides is 1. The van der Waals surface area contributed by atoms with E-state index in [0.717, 1.165) is 41.6 Å². The molecule has 1 aliphatic rings. The highest BCUT2D eigenvalue weighted by atomic mass is 19.4. The standard InChI is InChI=1S/C29H27F3N4O/c1-17-7-12-26(24-6-4-3-5-23(17)24)36(16-22-10-9-21(15-34-22)29(30,31)32)28(37)19-8-11-25-20(14-19)13-18(2)27(33)35-25/h3-6,8-11,13-15,17,26H,7,12,16H2,1-2H3,(H2,33,35)/t17-,26-/m1/s1. The summed E-state index contributed by atoms with van der Waals surface area (Å²) in [5.74, 6) is 0.579. The first-order chi connectivity index (χ1) is 17.6. The van der Waals surface area contributed by atoms with E-state index in [1.807, 2.05) is 31.2 Å². The minimum absolute atomic E-state index is 0.0847. The lowest BCUT2D eigenvalue weighted by Crippen LogP contribution is -2.37. The van der Waals surface area contributed by atoms with Gasteiger partial charge in [0.15, 0.2) is 0 Å². The second-order valence-electron chi connectivity index (χ2n) is 9.69. The molecule has 190 valence electrons. The van der Waals surface area contributed by atoms with Gasteiger partial charge in [0.25, 0.3) is 5.91 Å². The Kier molecular flexibility index (Phi) is 6.35. The zero-order valence-electron chi connectivity index (χ0n) is 20.6. The molecule has 0 unspecified atom stereocenters. The largest absolute Gasteiger partial charge is 0.417 e. The average Bonchev–Trinajstić information content (AvgIpc) is 2.88. The molecule has 4 aromatic rings. The Balaban J connectivity index is 1.56. The van der Waals surface area contributed by atoms with Crippen molar-refractivity contribution in [3.63, 3.8) is 0 Å². The quantitative estimate of drug-likeness (QED) is 0.331. The number of aryl methyl sites for hydroxylation is 1. The Bertz CT molecular complexity index is 1470. The summed E-state index contributed by atoms with van der Waals surface area (Å²) in [4.78, 5) is 24.2. The average molecular weight is 505 g/mol. The second-order valence-corrected chi connectivity index (χ2v) is 9.69. The molecule has 2 aromatic carbocycles. The fraction of sp³-hybridized carbons (Fsp3) is 0.276. The van der Waals surface area contributed by atoms with Gasteiger partial charge < -0.3 is 10.6 Å². The number of alkyl halides is 3. The van der Waals surface area contributed by atoms with Crippen LogP contribution >= 0.6 is 0 Å². The van der Waals surface area contributed by atoms with E-state index in [0.29, 0.717) is 28.5 Å². The van der Waals surface area contributed by atoms with Gasteiger partial charge in [-0.25, -0.2) is 4.98 Å². The minimum Gasteiger partial charge on any atom is -0.383 e. The van der Waals surface area contributed by atoms with Gasteiger partial charge in [0.2, 0.25) is 0 Å². The van der Waals surface area contributed by atoms with E-state index in [1.54, 1.807) is 23.1 Å². The molecule has 1 amide bonds. The molecule has 0 fully saturated rings. The molecule has 2 atom stereocenters. The van der Waals surface area contributed by atoms with Gasteiger partial charge in [-0.3, -0.25) is 9.78 Å². The first kappa shape index (κ1) is 24.7. The summed E-state index contributed by atoms with van der Waals surface area (Å²) in [5.41, 5.74) is 9.75. The molecule has 2 aromatic heterocycles. The van der Waals surface area contributed by atoms with Crippen molar-refractivity contribution in [2.75, 3.05) is 5.73 Å². The molecule has 0 radical (unpaired) electrons. The molecular formula is C29H27F3N4O. The number of hydrogen-bond acceptors (Lipinski definition) is 4. The number of fused-ring (bicyclic) bond motifs is 2. The van der Waals surface area contributed by atoms with E-state index < -0.39 is 11.7 Å². The van der Waals surface area contributed by atoms with Gasteiger partial charge in [0, 0.05) is 17.1 Å². The van der Waals surface area contributed by atoms with Crippen LogP contribution in [0.25, 0.3) is 10.9 Å². The van der Waals surface area contributed by atoms with Crippen LogP contribution in [0.2, 0.25) is 0 Å². The van der Waals surface area contributed by atoms with Gasteiger partial charge in [-0.2, -0.15) is 13.2 Å². The van der Waals surface area contributed by atoms with Crippen molar-refractivity contribution in [2.24, 2.45) is 0 Å². The zero-order valence-corrected chi connectivity index (χ0v) is 20.6. The van der Waals surface area contributed by atoms with Crippen LogP contribution in [-0.2, 0) is 12.7 Å². The molecular weight excluding hydrogens is 477 g/mol. The fourth-order valence-corrected chi connectivity index (χ4v) is 5.09. The van der Waals surface area contributed by atoms with Crippen molar-refractivity contribution in [1.29, 1.82) is 0 Å². The summed E-state index contributed by atoms with van der Waals surface area (Å²) < 4.78 is 39.3. The Hall–Kier alpha value is -3.94. The number of hydrogen-bond donors (Lipinski definition) is 1. The summed E-state index contributed by atoms with van der Waals surface area (Å²) in [7, 11) is 0. The summed E-state index contributed by atoms with van der Waals surface area (Å²) in [6.07, 6.45) is -2.01. The van der Waals surface area contributed by atoms with Crippen molar-refractivity contribution in [3.05, 3.63) is 100 Å². The highest BCUT2D eigenvalue weighted by Gasteiger charge is 2.34. The maximum Gasteiger partial charge on any atom is 0.417 e. The smallest absolute Gasteiger partial charge is 0.383 e. The Morgan fingerprint density at radius 1 is 1.05 bits per heavy atom. The fourth-order valence-electron chi connectivity index (χ4n) is 5.09. The number of anilines is 1. The monoisotopic (exact) mass is 504 g/mol.